The maximum atomic E-state index is 12.8. The molecule has 0 radical (unpaired) electrons. The number of nitrogens with one attached hydrogen (secondary N) is 2. The van der Waals surface area contributed by atoms with Gasteiger partial charge in [0.25, 0.3) is 15.9 Å². The lowest BCUT2D eigenvalue weighted by Crippen LogP contribution is -2.32. The summed E-state index contributed by atoms with van der Waals surface area (Å²) >= 11 is 6.12. The fourth-order valence-corrected chi connectivity index (χ4v) is 4.47. The highest BCUT2D eigenvalue weighted by Crippen LogP contribution is 2.26. The van der Waals surface area contributed by atoms with Crippen LogP contribution >= 0.6 is 11.6 Å². The Kier molecular flexibility index (Phi) is 6.89. The Morgan fingerprint density at radius 2 is 1.74 bits per heavy atom. The van der Waals surface area contributed by atoms with Gasteiger partial charge in [-0.15, -0.1) is 0 Å². The third-order valence-electron chi connectivity index (χ3n) is 4.06. The van der Waals surface area contributed by atoms with Crippen molar-refractivity contribution in [1.29, 1.82) is 0 Å². The summed E-state index contributed by atoms with van der Waals surface area (Å²) < 4.78 is 28.2. The quantitative estimate of drug-likeness (QED) is 0.698. The first kappa shape index (κ1) is 21.3. The standard InChI is InChI=1S/C20H25ClN2O3S/c1-5-6-15(4)22-20(24)16-7-8-18(21)19(12-16)27(25,26)23-17-10-13(2)9-14(3)11-17/h7-12,15,23H,5-6H2,1-4H3,(H,22,24). The highest BCUT2D eigenvalue weighted by atomic mass is 35.5. The molecule has 0 spiro atoms. The number of rotatable bonds is 7. The first-order chi connectivity index (χ1) is 12.6. The number of anilines is 1. The summed E-state index contributed by atoms with van der Waals surface area (Å²) in [5.74, 6) is -0.324. The van der Waals surface area contributed by atoms with E-state index in [2.05, 4.69) is 10.0 Å². The first-order valence-electron chi connectivity index (χ1n) is 8.84. The van der Waals surface area contributed by atoms with Crippen LogP contribution in [0.15, 0.2) is 41.3 Å². The first-order valence-corrected chi connectivity index (χ1v) is 10.7. The fraction of sp³-hybridized carbons (Fsp3) is 0.350. The van der Waals surface area contributed by atoms with Crippen molar-refractivity contribution in [3.8, 4) is 0 Å². The zero-order valence-electron chi connectivity index (χ0n) is 16.0. The molecule has 2 aromatic carbocycles. The lowest BCUT2D eigenvalue weighted by molar-refractivity contribution is 0.0938. The molecule has 27 heavy (non-hydrogen) atoms. The molecular formula is C20H25ClN2O3S. The van der Waals surface area contributed by atoms with E-state index in [-0.39, 0.29) is 27.4 Å². The molecule has 7 heteroatoms. The van der Waals surface area contributed by atoms with Crippen LogP contribution in [-0.2, 0) is 10.0 Å². The van der Waals surface area contributed by atoms with Crippen LogP contribution in [0.25, 0.3) is 0 Å². The van der Waals surface area contributed by atoms with Crippen molar-refractivity contribution in [2.45, 2.75) is 51.5 Å². The van der Waals surface area contributed by atoms with Crippen molar-refractivity contribution in [2.24, 2.45) is 0 Å². The van der Waals surface area contributed by atoms with Crippen LogP contribution in [0.5, 0.6) is 0 Å². The maximum absolute atomic E-state index is 12.8. The molecule has 0 aliphatic heterocycles. The van der Waals surface area contributed by atoms with Gasteiger partial charge in [-0.25, -0.2) is 8.42 Å². The van der Waals surface area contributed by atoms with Crippen LogP contribution < -0.4 is 10.0 Å². The van der Waals surface area contributed by atoms with Gasteiger partial charge in [0.15, 0.2) is 0 Å². The molecule has 5 nitrogen and oxygen atoms in total. The van der Waals surface area contributed by atoms with Crippen LogP contribution in [0.2, 0.25) is 5.02 Å². The van der Waals surface area contributed by atoms with Gasteiger partial charge in [-0.2, -0.15) is 0 Å². The summed E-state index contributed by atoms with van der Waals surface area (Å²) in [6.07, 6.45) is 1.79. The summed E-state index contributed by atoms with van der Waals surface area (Å²) in [4.78, 5) is 12.3. The van der Waals surface area contributed by atoms with Gasteiger partial charge in [0.2, 0.25) is 0 Å². The molecule has 146 valence electrons. The summed E-state index contributed by atoms with van der Waals surface area (Å²) in [7, 11) is -3.93. The van der Waals surface area contributed by atoms with Gasteiger partial charge in [-0.3, -0.25) is 9.52 Å². The Bertz CT molecular complexity index is 922. The van der Waals surface area contributed by atoms with Crippen molar-refractivity contribution in [3.63, 3.8) is 0 Å². The largest absolute Gasteiger partial charge is 0.350 e. The van der Waals surface area contributed by atoms with E-state index in [1.807, 2.05) is 33.8 Å². The van der Waals surface area contributed by atoms with Crippen molar-refractivity contribution in [3.05, 3.63) is 58.1 Å². The monoisotopic (exact) mass is 408 g/mol. The van der Waals surface area contributed by atoms with E-state index in [0.717, 1.165) is 24.0 Å². The van der Waals surface area contributed by atoms with Gasteiger partial charge in [0, 0.05) is 17.3 Å². The zero-order chi connectivity index (χ0) is 20.2. The van der Waals surface area contributed by atoms with E-state index >= 15 is 0 Å². The van der Waals surface area contributed by atoms with Crippen LogP contribution in [0, 0.1) is 13.8 Å². The average Bonchev–Trinajstić information content (AvgIpc) is 2.53. The number of carbonyl (C=O) groups is 1. The second-order valence-electron chi connectivity index (χ2n) is 6.79. The van der Waals surface area contributed by atoms with E-state index < -0.39 is 10.0 Å². The normalized spacial score (nSPS) is 12.5. The molecule has 1 atom stereocenters. The summed E-state index contributed by atoms with van der Waals surface area (Å²) in [6.45, 7) is 7.73. The highest BCUT2D eigenvalue weighted by molar-refractivity contribution is 7.92. The second kappa shape index (κ2) is 8.76. The predicted molar refractivity (Wildman–Crippen MR) is 110 cm³/mol. The van der Waals surface area contributed by atoms with Gasteiger partial charge in [0.05, 0.1) is 5.02 Å². The van der Waals surface area contributed by atoms with Gasteiger partial charge in [-0.1, -0.05) is 31.0 Å². The van der Waals surface area contributed by atoms with Crippen molar-refractivity contribution in [2.75, 3.05) is 4.72 Å². The summed E-state index contributed by atoms with van der Waals surface area (Å²) in [5.41, 5.74) is 2.59. The van der Waals surface area contributed by atoms with E-state index in [4.69, 9.17) is 11.6 Å². The molecule has 2 N–H and O–H groups in total. The Morgan fingerprint density at radius 1 is 1.11 bits per heavy atom. The fourth-order valence-electron chi connectivity index (χ4n) is 2.91. The van der Waals surface area contributed by atoms with E-state index in [9.17, 15) is 13.2 Å². The molecule has 0 bridgehead atoms. The van der Waals surface area contributed by atoms with Crippen LogP contribution in [0.1, 0.15) is 48.2 Å². The SMILES string of the molecule is CCCC(C)NC(=O)c1ccc(Cl)c(S(=O)(=O)Nc2cc(C)cc(C)c2)c1. The number of benzene rings is 2. The minimum Gasteiger partial charge on any atom is -0.350 e. The summed E-state index contributed by atoms with van der Waals surface area (Å²) in [5, 5.41) is 2.92. The van der Waals surface area contributed by atoms with Crippen molar-refractivity contribution in [1.82, 2.24) is 5.32 Å². The van der Waals surface area contributed by atoms with Gasteiger partial charge >= 0.3 is 0 Å². The lowest BCUT2D eigenvalue weighted by atomic mass is 10.1. The minimum absolute atomic E-state index is 0.00614. The maximum Gasteiger partial charge on any atom is 0.263 e. The average molecular weight is 409 g/mol. The molecule has 1 unspecified atom stereocenters. The lowest BCUT2D eigenvalue weighted by Gasteiger charge is -2.15. The smallest absolute Gasteiger partial charge is 0.263 e. The van der Waals surface area contributed by atoms with Crippen molar-refractivity contribution < 1.29 is 13.2 Å². The van der Waals surface area contributed by atoms with Crippen LogP contribution in [0.4, 0.5) is 5.69 Å². The molecule has 0 aliphatic rings. The van der Waals surface area contributed by atoms with Gasteiger partial charge < -0.3 is 5.32 Å². The molecule has 0 aromatic heterocycles. The third kappa shape index (κ3) is 5.71. The third-order valence-corrected chi connectivity index (χ3v) is 5.92. The van der Waals surface area contributed by atoms with Crippen LogP contribution in [-0.4, -0.2) is 20.4 Å². The second-order valence-corrected chi connectivity index (χ2v) is 8.85. The molecule has 2 rings (SSSR count). The molecule has 0 fully saturated rings. The molecule has 0 heterocycles. The van der Waals surface area contributed by atoms with E-state index in [0.29, 0.717) is 5.69 Å². The molecule has 0 saturated carbocycles. The molecule has 2 aromatic rings. The highest BCUT2D eigenvalue weighted by Gasteiger charge is 2.21. The Morgan fingerprint density at radius 3 is 2.33 bits per heavy atom. The predicted octanol–water partition coefficient (Wildman–Crippen LogP) is 4.68. The topological polar surface area (TPSA) is 75.3 Å². The number of sulfonamides is 1. The number of aryl methyl sites for hydroxylation is 2. The van der Waals surface area contributed by atoms with E-state index in [1.54, 1.807) is 12.1 Å². The molecular weight excluding hydrogens is 384 g/mol. The molecule has 1 amide bonds. The Hall–Kier alpha value is -2.05. The zero-order valence-corrected chi connectivity index (χ0v) is 17.5. The van der Waals surface area contributed by atoms with Gasteiger partial charge in [-0.05, 0) is 68.7 Å². The minimum atomic E-state index is -3.93. The number of carbonyl (C=O) groups excluding carboxylic acids is 1. The number of halogens is 1. The number of amides is 1. The Balaban J connectivity index is 2.32. The van der Waals surface area contributed by atoms with E-state index in [1.165, 1.54) is 18.2 Å². The van der Waals surface area contributed by atoms with Gasteiger partial charge in [0.1, 0.15) is 4.90 Å². The number of hydrogen-bond acceptors (Lipinski definition) is 3. The van der Waals surface area contributed by atoms with Crippen molar-refractivity contribution >= 4 is 33.2 Å². The summed E-state index contributed by atoms with van der Waals surface area (Å²) in [6, 6.07) is 9.69. The number of hydrogen-bond donors (Lipinski definition) is 2. The Labute approximate surface area is 166 Å². The molecule has 0 saturated heterocycles. The molecule has 0 aliphatic carbocycles. The van der Waals surface area contributed by atoms with Crippen LogP contribution in [0.3, 0.4) is 0 Å².